The topological polar surface area (TPSA) is 104 Å². The number of hydrogen-bond donors (Lipinski definition) is 1. The van der Waals surface area contributed by atoms with Gasteiger partial charge >= 0.3 is 0 Å². The molecule has 0 fully saturated rings. The Balaban J connectivity index is 1.71. The third-order valence-electron chi connectivity index (χ3n) is 5.35. The van der Waals surface area contributed by atoms with E-state index in [4.69, 9.17) is 9.47 Å². The number of carbonyl (C=O) groups excluding carboxylic acids is 1. The maximum atomic E-state index is 12.7. The number of rotatable bonds is 10. The number of nitro benzene ring substituents is 1. The van der Waals surface area contributed by atoms with Gasteiger partial charge in [-0.05, 0) is 67.6 Å². The van der Waals surface area contributed by atoms with E-state index in [1.807, 2.05) is 25.3 Å². The molecule has 0 saturated heterocycles. The first-order valence-corrected chi connectivity index (χ1v) is 10.6. The summed E-state index contributed by atoms with van der Waals surface area (Å²) in [5.74, 6) is 0.648. The summed E-state index contributed by atoms with van der Waals surface area (Å²) in [6.45, 7) is 1.92. The lowest BCUT2D eigenvalue weighted by atomic mass is 10.0. The molecule has 3 aromatic rings. The van der Waals surface area contributed by atoms with Gasteiger partial charge in [0.1, 0.15) is 0 Å². The number of nitro groups is 1. The van der Waals surface area contributed by atoms with Gasteiger partial charge in [0.2, 0.25) is 0 Å². The second kappa shape index (κ2) is 11.1. The zero-order valence-electron chi connectivity index (χ0n) is 18.9. The average molecular weight is 450 g/mol. The number of nitrogens with one attached hydrogen (secondary N) is 1. The Hall–Kier alpha value is -3.94. The average Bonchev–Trinajstić information content (AvgIpc) is 2.83. The van der Waals surface area contributed by atoms with Gasteiger partial charge in [-0.25, -0.2) is 0 Å². The van der Waals surface area contributed by atoms with Crippen LogP contribution < -0.4 is 14.8 Å². The van der Waals surface area contributed by atoms with E-state index in [9.17, 15) is 14.9 Å². The number of nitrogens with zero attached hydrogens (tertiary/aromatic N) is 2. The maximum absolute atomic E-state index is 12.7. The van der Waals surface area contributed by atoms with Gasteiger partial charge in [0.15, 0.2) is 11.5 Å². The molecule has 0 aliphatic heterocycles. The number of ether oxygens (including phenoxy) is 2. The molecule has 0 radical (unpaired) electrons. The Labute approximate surface area is 192 Å². The first-order valence-electron chi connectivity index (χ1n) is 10.6. The quantitative estimate of drug-likeness (QED) is 0.352. The minimum atomic E-state index is -0.486. The van der Waals surface area contributed by atoms with Gasteiger partial charge in [0.05, 0.1) is 24.7 Å². The minimum Gasteiger partial charge on any atom is -0.493 e. The van der Waals surface area contributed by atoms with Crippen molar-refractivity contribution in [2.24, 2.45) is 0 Å². The van der Waals surface area contributed by atoms with Gasteiger partial charge in [-0.1, -0.05) is 12.1 Å². The van der Waals surface area contributed by atoms with Crippen molar-refractivity contribution in [3.63, 3.8) is 0 Å². The normalized spacial score (nSPS) is 11.5. The number of pyridine rings is 1. The highest BCUT2D eigenvalue weighted by atomic mass is 16.6. The summed E-state index contributed by atoms with van der Waals surface area (Å²) in [5.41, 5.74) is 2.22. The van der Waals surface area contributed by atoms with Crippen LogP contribution in [0.3, 0.4) is 0 Å². The third-order valence-corrected chi connectivity index (χ3v) is 5.35. The summed E-state index contributed by atoms with van der Waals surface area (Å²) in [6.07, 6.45) is 6.13. The molecule has 1 N–H and O–H groups in total. The fourth-order valence-electron chi connectivity index (χ4n) is 3.61. The van der Waals surface area contributed by atoms with Crippen molar-refractivity contribution in [2.45, 2.75) is 32.2 Å². The van der Waals surface area contributed by atoms with Crippen LogP contribution in [-0.2, 0) is 6.42 Å². The highest BCUT2D eigenvalue weighted by Crippen LogP contribution is 2.36. The summed E-state index contributed by atoms with van der Waals surface area (Å²) in [4.78, 5) is 28.1. The van der Waals surface area contributed by atoms with Gasteiger partial charge in [0.25, 0.3) is 11.6 Å². The molecule has 0 unspecified atom stereocenters. The van der Waals surface area contributed by atoms with Crippen molar-refractivity contribution in [1.29, 1.82) is 0 Å². The van der Waals surface area contributed by atoms with E-state index in [1.54, 1.807) is 36.5 Å². The van der Waals surface area contributed by atoms with Crippen molar-refractivity contribution in [3.8, 4) is 22.6 Å². The van der Waals surface area contributed by atoms with Crippen LogP contribution in [0, 0.1) is 10.1 Å². The Morgan fingerprint density at radius 1 is 1.12 bits per heavy atom. The number of benzene rings is 2. The van der Waals surface area contributed by atoms with Gasteiger partial charge < -0.3 is 14.8 Å². The number of aryl methyl sites for hydroxylation is 1. The molecular weight excluding hydrogens is 422 g/mol. The zero-order valence-corrected chi connectivity index (χ0v) is 18.9. The second-order valence-corrected chi connectivity index (χ2v) is 7.69. The third kappa shape index (κ3) is 6.06. The van der Waals surface area contributed by atoms with Crippen molar-refractivity contribution in [3.05, 3.63) is 82.2 Å². The van der Waals surface area contributed by atoms with Crippen LogP contribution in [0.1, 0.15) is 35.7 Å². The standard InChI is InChI=1S/C25H27N3O5/c1-17(6-4-7-18-8-5-13-26-16-18)27-25(29)20-9-11-21(22(14-20)28(30)31)19-10-12-23(32-2)24(15-19)33-3/h5,8-17H,4,6-7H2,1-3H3,(H,27,29)/t17-/m1/s1. The molecule has 1 atom stereocenters. The molecule has 33 heavy (non-hydrogen) atoms. The van der Waals surface area contributed by atoms with Crippen molar-refractivity contribution < 1.29 is 19.2 Å². The fraction of sp³-hybridized carbons (Fsp3) is 0.280. The van der Waals surface area contributed by atoms with Crippen LogP contribution in [-0.4, -0.2) is 36.1 Å². The number of aromatic nitrogens is 1. The molecule has 1 aromatic heterocycles. The first kappa shape index (κ1) is 23.7. The first-order chi connectivity index (χ1) is 15.9. The molecule has 8 heteroatoms. The highest BCUT2D eigenvalue weighted by Gasteiger charge is 2.20. The molecule has 0 spiro atoms. The van der Waals surface area contributed by atoms with E-state index in [2.05, 4.69) is 10.3 Å². The van der Waals surface area contributed by atoms with Gasteiger partial charge in [-0.3, -0.25) is 19.9 Å². The Kier molecular flexibility index (Phi) is 7.96. The van der Waals surface area contributed by atoms with Gasteiger partial charge in [-0.15, -0.1) is 0 Å². The summed E-state index contributed by atoms with van der Waals surface area (Å²) in [7, 11) is 3.02. The number of hydrogen-bond acceptors (Lipinski definition) is 6. The summed E-state index contributed by atoms with van der Waals surface area (Å²) in [6, 6.07) is 13.4. The minimum absolute atomic E-state index is 0.0706. The van der Waals surface area contributed by atoms with Gasteiger partial charge in [0, 0.05) is 30.1 Å². The Bertz CT molecular complexity index is 1120. The molecule has 0 aliphatic carbocycles. The predicted octanol–water partition coefficient (Wildman–Crippen LogP) is 4.82. The lowest BCUT2D eigenvalue weighted by molar-refractivity contribution is -0.384. The summed E-state index contributed by atoms with van der Waals surface area (Å²) in [5, 5.41) is 14.7. The smallest absolute Gasteiger partial charge is 0.277 e. The van der Waals surface area contributed by atoms with Crippen molar-refractivity contribution >= 4 is 11.6 Å². The van der Waals surface area contributed by atoms with Crippen LogP contribution in [0.25, 0.3) is 11.1 Å². The summed E-state index contributed by atoms with van der Waals surface area (Å²) < 4.78 is 10.5. The second-order valence-electron chi connectivity index (χ2n) is 7.69. The van der Waals surface area contributed by atoms with E-state index in [1.165, 1.54) is 20.3 Å². The number of carbonyl (C=O) groups is 1. The maximum Gasteiger partial charge on any atom is 0.277 e. The van der Waals surface area contributed by atoms with Crippen LogP contribution in [0.5, 0.6) is 11.5 Å². The molecule has 0 saturated carbocycles. The van der Waals surface area contributed by atoms with Crippen LogP contribution in [0.2, 0.25) is 0 Å². The molecular formula is C25H27N3O5. The number of methoxy groups -OCH3 is 2. The van der Waals surface area contributed by atoms with E-state index in [0.717, 1.165) is 24.8 Å². The fourth-order valence-corrected chi connectivity index (χ4v) is 3.61. The molecule has 2 aromatic carbocycles. The highest BCUT2D eigenvalue weighted by molar-refractivity contribution is 5.96. The molecule has 0 aliphatic rings. The molecule has 1 heterocycles. The lowest BCUT2D eigenvalue weighted by Crippen LogP contribution is -2.32. The van der Waals surface area contributed by atoms with E-state index >= 15 is 0 Å². The lowest BCUT2D eigenvalue weighted by Gasteiger charge is -2.14. The van der Waals surface area contributed by atoms with Crippen LogP contribution in [0.15, 0.2) is 60.9 Å². The molecule has 1 amide bonds. The van der Waals surface area contributed by atoms with E-state index in [-0.39, 0.29) is 23.2 Å². The van der Waals surface area contributed by atoms with Gasteiger partial charge in [-0.2, -0.15) is 0 Å². The van der Waals surface area contributed by atoms with E-state index in [0.29, 0.717) is 22.6 Å². The summed E-state index contributed by atoms with van der Waals surface area (Å²) >= 11 is 0. The van der Waals surface area contributed by atoms with Crippen molar-refractivity contribution in [2.75, 3.05) is 14.2 Å². The van der Waals surface area contributed by atoms with E-state index < -0.39 is 4.92 Å². The largest absolute Gasteiger partial charge is 0.493 e. The Morgan fingerprint density at radius 3 is 2.58 bits per heavy atom. The zero-order chi connectivity index (χ0) is 23.8. The molecule has 172 valence electrons. The van der Waals surface area contributed by atoms with Crippen LogP contribution in [0.4, 0.5) is 5.69 Å². The Morgan fingerprint density at radius 2 is 1.91 bits per heavy atom. The van der Waals surface area contributed by atoms with Crippen molar-refractivity contribution in [1.82, 2.24) is 10.3 Å². The SMILES string of the molecule is COc1ccc(-c2ccc(C(=O)N[C@H](C)CCCc3cccnc3)cc2[N+](=O)[O-])cc1OC. The molecule has 0 bridgehead atoms. The van der Waals surface area contributed by atoms with Crippen LogP contribution >= 0.6 is 0 Å². The monoisotopic (exact) mass is 449 g/mol. The molecule has 3 rings (SSSR count). The number of amides is 1. The predicted molar refractivity (Wildman–Crippen MR) is 126 cm³/mol. The molecule has 8 nitrogen and oxygen atoms in total.